The van der Waals surface area contributed by atoms with Gasteiger partial charge in [0, 0.05) is 7.05 Å². The van der Waals surface area contributed by atoms with Crippen molar-refractivity contribution in [2.24, 2.45) is 7.05 Å². The zero-order valence-electron chi connectivity index (χ0n) is 7.45. The molecule has 13 heavy (non-hydrogen) atoms. The van der Waals surface area contributed by atoms with Gasteiger partial charge in [0.25, 0.3) is 0 Å². The van der Waals surface area contributed by atoms with Crippen molar-refractivity contribution in [1.29, 1.82) is 0 Å². The van der Waals surface area contributed by atoms with Gasteiger partial charge in [0.2, 0.25) is 0 Å². The number of carbonyl (C=O) groups is 1. The first-order chi connectivity index (χ1) is 6.06. The highest BCUT2D eigenvalue weighted by molar-refractivity contribution is 5.75. The van der Waals surface area contributed by atoms with E-state index in [1.807, 2.05) is 0 Å². The van der Waals surface area contributed by atoms with Gasteiger partial charge >= 0.3 is 5.69 Å². The van der Waals surface area contributed by atoms with Crippen molar-refractivity contribution in [3.63, 3.8) is 0 Å². The minimum atomic E-state index is -0.809. The number of halogens is 1. The minimum Gasteiger partial charge on any atom is -0.298 e. The standard InChI is InChI=1S/C7H10FN3O2/c1-5(12)4-11-7(13)10(2)6(3-8)9-11/h3-4H2,1-2H3. The van der Waals surface area contributed by atoms with Gasteiger partial charge in [-0.25, -0.2) is 13.9 Å². The Bertz CT molecular complexity index is 380. The van der Waals surface area contributed by atoms with E-state index in [9.17, 15) is 14.0 Å². The van der Waals surface area contributed by atoms with Gasteiger partial charge in [-0.05, 0) is 6.92 Å². The summed E-state index contributed by atoms with van der Waals surface area (Å²) in [5.74, 6) is -0.156. The number of alkyl halides is 1. The van der Waals surface area contributed by atoms with Crippen molar-refractivity contribution in [1.82, 2.24) is 14.3 Å². The molecule has 5 nitrogen and oxygen atoms in total. The molecule has 0 amide bonds. The summed E-state index contributed by atoms with van der Waals surface area (Å²) in [6.45, 7) is 0.430. The molecule has 0 aliphatic heterocycles. The highest BCUT2D eigenvalue weighted by atomic mass is 19.1. The Labute approximate surface area is 73.8 Å². The number of rotatable bonds is 3. The van der Waals surface area contributed by atoms with Crippen molar-refractivity contribution in [2.75, 3.05) is 0 Å². The summed E-state index contributed by atoms with van der Waals surface area (Å²) in [6.07, 6.45) is 0. The third kappa shape index (κ3) is 1.82. The molecule has 6 heteroatoms. The summed E-state index contributed by atoms with van der Waals surface area (Å²) >= 11 is 0. The lowest BCUT2D eigenvalue weighted by atomic mass is 10.5. The molecule has 0 aromatic carbocycles. The van der Waals surface area contributed by atoms with Crippen LogP contribution in [0.25, 0.3) is 0 Å². The molecule has 0 aliphatic rings. The van der Waals surface area contributed by atoms with Crippen molar-refractivity contribution < 1.29 is 9.18 Å². The maximum absolute atomic E-state index is 12.2. The Morgan fingerprint density at radius 2 is 2.23 bits per heavy atom. The highest BCUT2D eigenvalue weighted by Crippen LogP contribution is 1.92. The van der Waals surface area contributed by atoms with E-state index in [1.54, 1.807) is 0 Å². The van der Waals surface area contributed by atoms with Crippen LogP contribution in [-0.2, 0) is 25.1 Å². The molecule has 0 saturated carbocycles. The Kier molecular flexibility index (Phi) is 2.60. The van der Waals surface area contributed by atoms with E-state index in [0.717, 1.165) is 9.25 Å². The molecule has 0 bridgehead atoms. The molecule has 0 radical (unpaired) electrons. The number of hydrogen-bond acceptors (Lipinski definition) is 3. The third-order valence-electron chi connectivity index (χ3n) is 1.62. The monoisotopic (exact) mass is 187 g/mol. The lowest BCUT2D eigenvalue weighted by molar-refractivity contribution is -0.117. The van der Waals surface area contributed by atoms with Crippen LogP contribution in [0.1, 0.15) is 12.7 Å². The number of hydrogen-bond donors (Lipinski definition) is 0. The average Bonchev–Trinajstić information content (AvgIpc) is 2.32. The summed E-state index contributed by atoms with van der Waals surface area (Å²) in [6, 6.07) is 0. The lowest BCUT2D eigenvalue weighted by Gasteiger charge is -1.91. The SMILES string of the molecule is CC(=O)Cn1nc(CF)n(C)c1=O. The summed E-state index contributed by atoms with van der Waals surface area (Å²) in [5, 5.41) is 3.64. The average molecular weight is 187 g/mol. The second kappa shape index (κ2) is 3.51. The molecule has 1 heterocycles. The Morgan fingerprint density at radius 1 is 1.62 bits per heavy atom. The number of Topliss-reactive ketones (excluding diaryl/α,β-unsaturated/α-hetero) is 1. The first-order valence-corrected chi connectivity index (χ1v) is 3.74. The molecule has 0 spiro atoms. The molecule has 0 aliphatic carbocycles. The van der Waals surface area contributed by atoms with Crippen LogP contribution in [0.4, 0.5) is 4.39 Å². The number of carbonyl (C=O) groups excluding carboxylic acids is 1. The van der Waals surface area contributed by atoms with Gasteiger partial charge in [0.1, 0.15) is 13.2 Å². The topological polar surface area (TPSA) is 56.9 Å². The van der Waals surface area contributed by atoms with Gasteiger partial charge < -0.3 is 0 Å². The van der Waals surface area contributed by atoms with Crippen LogP contribution in [0.5, 0.6) is 0 Å². The quantitative estimate of drug-likeness (QED) is 0.649. The van der Waals surface area contributed by atoms with Crippen LogP contribution in [0.15, 0.2) is 4.79 Å². The zero-order chi connectivity index (χ0) is 10.0. The van der Waals surface area contributed by atoms with Crippen LogP contribution in [0.3, 0.4) is 0 Å². The van der Waals surface area contributed by atoms with E-state index in [4.69, 9.17) is 0 Å². The molecule has 0 fully saturated rings. The second-order valence-electron chi connectivity index (χ2n) is 2.75. The molecule has 72 valence electrons. The van der Waals surface area contributed by atoms with Crippen molar-refractivity contribution in [2.45, 2.75) is 20.1 Å². The Hall–Kier alpha value is -1.46. The van der Waals surface area contributed by atoms with Gasteiger partial charge in [-0.2, -0.15) is 5.10 Å². The number of ketones is 1. The summed E-state index contributed by atoms with van der Waals surface area (Å²) in [4.78, 5) is 21.9. The van der Waals surface area contributed by atoms with Crippen molar-refractivity contribution in [3.8, 4) is 0 Å². The summed E-state index contributed by atoms with van der Waals surface area (Å²) in [7, 11) is 1.42. The molecule has 1 rings (SSSR count). The second-order valence-corrected chi connectivity index (χ2v) is 2.75. The van der Waals surface area contributed by atoms with E-state index >= 15 is 0 Å². The first kappa shape index (κ1) is 9.63. The van der Waals surface area contributed by atoms with Crippen LogP contribution in [0.2, 0.25) is 0 Å². The van der Waals surface area contributed by atoms with Crippen LogP contribution in [-0.4, -0.2) is 20.1 Å². The van der Waals surface area contributed by atoms with Crippen molar-refractivity contribution in [3.05, 3.63) is 16.3 Å². The maximum atomic E-state index is 12.2. The molecule has 0 saturated heterocycles. The summed E-state index contributed by atoms with van der Waals surface area (Å²) < 4.78 is 14.2. The first-order valence-electron chi connectivity index (χ1n) is 3.74. The molecule has 0 atom stereocenters. The predicted molar refractivity (Wildman–Crippen MR) is 43.0 cm³/mol. The fraction of sp³-hybridized carbons (Fsp3) is 0.571. The van der Waals surface area contributed by atoms with Gasteiger partial charge in [0.15, 0.2) is 11.6 Å². The zero-order valence-corrected chi connectivity index (χ0v) is 7.45. The molecular weight excluding hydrogens is 177 g/mol. The third-order valence-corrected chi connectivity index (χ3v) is 1.62. The van der Waals surface area contributed by atoms with Gasteiger partial charge in [-0.1, -0.05) is 0 Å². The molecule has 0 unspecified atom stereocenters. The minimum absolute atomic E-state index is 0.0336. The lowest BCUT2D eigenvalue weighted by Crippen LogP contribution is -2.25. The van der Waals surface area contributed by atoms with E-state index in [0.29, 0.717) is 0 Å². The normalized spacial score (nSPS) is 10.4. The van der Waals surface area contributed by atoms with Crippen LogP contribution < -0.4 is 5.69 Å². The molecular formula is C7H10FN3O2. The predicted octanol–water partition coefficient (Wildman–Crippen LogP) is -0.360. The van der Waals surface area contributed by atoms with Crippen LogP contribution >= 0.6 is 0 Å². The van der Waals surface area contributed by atoms with E-state index in [-0.39, 0.29) is 18.2 Å². The molecule has 1 aromatic rings. The Morgan fingerprint density at radius 3 is 2.62 bits per heavy atom. The van der Waals surface area contributed by atoms with Crippen molar-refractivity contribution >= 4 is 5.78 Å². The highest BCUT2D eigenvalue weighted by Gasteiger charge is 2.10. The Balaban J connectivity index is 3.10. The number of nitrogens with zero attached hydrogens (tertiary/aromatic N) is 3. The van der Waals surface area contributed by atoms with E-state index in [1.165, 1.54) is 14.0 Å². The maximum Gasteiger partial charge on any atom is 0.346 e. The summed E-state index contributed by atoms with van der Waals surface area (Å²) in [5.41, 5.74) is -0.470. The van der Waals surface area contributed by atoms with Gasteiger partial charge in [-0.3, -0.25) is 9.36 Å². The van der Waals surface area contributed by atoms with Gasteiger partial charge in [0.05, 0.1) is 0 Å². The smallest absolute Gasteiger partial charge is 0.298 e. The van der Waals surface area contributed by atoms with E-state index < -0.39 is 12.4 Å². The molecule has 0 N–H and O–H groups in total. The number of aromatic nitrogens is 3. The fourth-order valence-corrected chi connectivity index (χ4v) is 0.963. The fourth-order valence-electron chi connectivity index (χ4n) is 0.963. The van der Waals surface area contributed by atoms with Crippen LogP contribution in [0, 0.1) is 0 Å². The largest absolute Gasteiger partial charge is 0.346 e. The van der Waals surface area contributed by atoms with Gasteiger partial charge in [-0.15, -0.1) is 0 Å². The van der Waals surface area contributed by atoms with E-state index in [2.05, 4.69) is 5.10 Å². The molecule has 1 aromatic heterocycles.